The lowest BCUT2D eigenvalue weighted by atomic mass is 9.82. The molecule has 4 saturated heterocycles. The maximum Gasteiger partial charge on any atom is 0.264 e. The third kappa shape index (κ3) is 13.8. The third-order valence-electron chi connectivity index (χ3n) is 16.5. The minimum Gasteiger partial charge on any atom is -0.379 e. The second kappa shape index (κ2) is 24.9. The number of rotatable bonds is 22. The normalized spacial score (nSPS) is 18.9. The molecule has 5 N–H and O–H groups in total. The molecule has 428 valence electrons. The van der Waals surface area contributed by atoms with Crippen molar-refractivity contribution in [2.75, 3.05) is 59.7 Å². The van der Waals surface area contributed by atoms with Crippen molar-refractivity contribution in [3.63, 3.8) is 0 Å². The van der Waals surface area contributed by atoms with Crippen LogP contribution in [0.3, 0.4) is 0 Å². The number of benzene rings is 3. The summed E-state index contributed by atoms with van der Waals surface area (Å²) in [7, 11) is 0. The summed E-state index contributed by atoms with van der Waals surface area (Å²) in [5.74, 6) is -1.96. The van der Waals surface area contributed by atoms with Crippen molar-refractivity contribution in [3.8, 4) is 0 Å². The van der Waals surface area contributed by atoms with Crippen LogP contribution < -0.4 is 36.4 Å². The summed E-state index contributed by atoms with van der Waals surface area (Å²) >= 11 is 0. The number of nitrogens with one attached hydrogen (secondary N) is 5. The zero-order valence-corrected chi connectivity index (χ0v) is 46.2. The van der Waals surface area contributed by atoms with Crippen LogP contribution in [0.2, 0.25) is 0 Å². The Bertz CT molecular complexity index is 3150. The fraction of sp³-hybridized carbons (Fsp3) is 0.492. The summed E-state index contributed by atoms with van der Waals surface area (Å²) in [6.45, 7) is 9.99. The highest BCUT2D eigenvalue weighted by atomic mass is 19.1. The van der Waals surface area contributed by atoms with E-state index in [9.17, 15) is 28.8 Å². The molecule has 20 nitrogen and oxygen atoms in total. The Hall–Kier alpha value is -7.88. The summed E-state index contributed by atoms with van der Waals surface area (Å²) in [5.41, 5.74) is 3.66. The van der Waals surface area contributed by atoms with Crippen LogP contribution in [0, 0.1) is 17.0 Å². The average molecular weight is 1110 g/mol. The van der Waals surface area contributed by atoms with Crippen LogP contribution in [0.5, 0.6) is 0 Å². The van der Waals surface area contributed by atoms with Gasteiger partial charge in [-0.3, -0.25) is 48.6 Å². The van der Waals surface area contributed by atoms with Crippen molar-refractivity contribution < 1.29 is 37.5 Å². The van der Waals surface area contributed by atoms with Gasteiger partial charge in [-0.25, -0.2) is 18.7 Å². The molecule has 10 rings (SSSR count). The van der Waals surface area contributed by atoms with E-state index in [1.165, 1.54) is 18.5 Å². The molecule has 81 heavy (non-hydrogen) atoms. The molecular weight excluding hydrogens is 1040 g/mol. The van der Waals surface area contributed by atoms with Gasteiger partial charge in [-0.15, -0.1) is 5.10 Å². The van der Waals surface area contributed by atoms with Gasteiger partial charge in [0.05, 0.1) is 41.6 Å². The van der Waals surface area contributed by atoms with Crippen LogP contribution in [-0.4, -0.2) is 121 Å². The number of hydrogen-bond donors (Lipinski definition) is 5. The number of piperazine rings is 1. The predicted octanol–water partition coefficient (Wildman–Crippen LogP) is 6.62. The van der Waals surface area contributed by atoms with Gasteiger partial charge in [0.25, 0.3) is 11.8 Å². The van der Waals surface area contributed by atoms with Crippen LogP contribution in [0.15, 0.2) is 73.2 Å². The van der Waals surface area contributed by atoms with Crippen molar-refractivity contribution in [3.05, 3.63) is 118 Å². The molecule has 2 aromatic heterocycles. The lowest BCUT2D eigenvalue weighted by molar-refractivity contribution is -0.136. The molecule has 0 radical (unpaired) electrons. The number of piperidine rings is 3. The first-order chi connectivity index (χ1) is 39.1. The number of aromatic nitrogens is 5. The molecule has 6 amide bonds. The fourth-order valence-corrected chi connectivity index (χ4v) is 11.7. The van der Waals surface area contributed by atoms with E-state index >= 15 is 8.78 Å². The first kappa shape index (κ1) is 56.4. The highest BCUT2D eigenvalue weighted by molar-refractivity contribution is 6.25. The summed E-state index contributed by atoms with van der Waals surface area (Å²) in [4.78, 5) is 92.6. The number of likely N-dealkylation sites (tertiary alicyclic amines) is 1. The molecule has 5 aliphatic rings. The Morgan fingerprint density at radius 3 is 2.31 bits per heavy atom. The van der Waals surface area contributed by atoms with Crippen LogP contribution in [0.4, 0.5) is 31.8 Å². The number of carbonyl (C=O) groups is 6. The van der Waals surface area contributed by atoms with E-state index in [1.807, 2.05) is 30.5 Å². The minimum absolute atomic E-state index is 0.0168. The van der Waals surface area contributed by atoms with Crippen molar-refractivity contribution in [1.82, 2.24) is 50.7 Å². The molecule has 4 fully saturated rings. The number of carbonyl (C=O) groups excluding carboxylic acids is 6. The van der Waals surface area contributed by atoms with Gasteiger partial charge in [-0.2, -0.15) is 0 Å². The zero-order valence-electron chi connectivity index (χ0n) is 46.2. The van der Waals surface area contributed by atoms with Crippen molar-refractivity contribution in [1.29, 1.82) is 0 Å². The topological polar surface area (TPSA) is 232 Å². The van der Waals surface area contributed by atoms with E-state index in [0.717, 1.165) is 86.3 Å². The number of imide groups is 2. The van der Waals surface area contributed by atoms with Crippen LogP contribution in [0.25, 0.3) is 0 Å². The van der Waals surface area contributed by atoms with Gasteiger partial charge in [0.15, 0.2) is 0 Å². The van der Waals surface area contributed by atoms with Crippen LogP contribution in [-0.2, 0) is 51.9 Å². The smallest absolute Gasteiger partial charge is 0.264 e. The van der Waals surface area contributed by atoms with Gasteiger partial charge < -0.3 is 31.1 Å². The van der Waals surface area contributed by atoms with Gasteiger partial charge in [-0.1, -0.05) is 75.1 Å². The predicted molar refractivity (Wildman–Crippen MR) is 300 cm³/mol. The van der Waals surface area contributed by atoms with Crippen LogP contribution >= 0.6 is 0 Å². The zero-order chi connectivity index (χ0) is 56.7. The summed E-state index contributed by atoms with van der Waals surface area (Å²) in [5, 5.41) is 23.6. The molecule has 1 unspecified atom stereocenters. The third-order valence-corrected chi connectivity index (χ3v) is 16.5. The van der Waals surface area contributed by atoms with Crippen molar-refractivity contribution in [2.24, 2.45) is 5.41 Å². The summed E-state index contributed by atoms with van der Waals surface area (Å²) < 4.78 is 33.1. The van der Waals surface area contributed by atoms with Gasteiger partial charge in [-0.05, 0) is 92.8 Å². The fourth-order valence-electron chi connectivity index (χ4n) is 11.7. The monoisotopic (exact) mass is 1110 g/mol. The molecule has 5 aromatic rings. The highest BCUT2D eigenvalue weighted by Crippen LogP contribution is 2.36. The Labute approximate surface area is 470 Å². The van der Waals surface area contributed by atoms with E-state index in [1.54, 1.807) is 27.8 Å². The van der Waals surface area contributed by atoms with E-state index in [2.05, 4.69) is 76.6 Å². The summed E-state index contributed by atoms with van der Waals surface area (Å²) in [6, 6.07) is 16.4. The molecule has 1 spiro atoms. The lowest BCUT2D eigenvalue weighted by Crippen LogP contribution is -2.66. The van der Waals surface area contributed by atoms with E-state index in [0.29, 0.717) is 87.8 Å². The number of anilines is 4. The van der Waals surface area contributed by atoms with Gasteiger partial charge in [0.1, 0.15) is 41.3 Å². The molecular formula is C59H72F2N14O6. The first-order valence-electron chi connectivity index (χ1n) is 28.5. The molecule has 0 bridgehead atoms. The second-order valence-corrected chi connectivity index (χ2v) is 23.1. The molecule has 22 heteroatoms. The first-order valence-corrected chi connectivity index (χ1v) is 28.5. The maximum atomic E-state index is 15.7. The maximum absolute atomic E-state index is 15.7. The quantitative estimate of drug-likeness (QED) is 0.0362. The lowest BCUT2D eigenvalue weighted by Gasteiger charge is -2.48. The van der Waals surface area contributed by atoms with E-state index < -0.39 is 46.8 Å². The van der Waals surface area contributed by atoms with Crippen molar-refractivity contribution >= 4 is 58.5 Å². The molecule has 0 saturated carbocycles. The number of fused-ring (bicyclic) bond motifs is 1. The molecule has 3 aromatic carbocycles. The van der Waals surface area contributed by atoms with Crippen LogP contribution in [0.1, 0.15) is 140 Å². The number of unbranched alkanes of at least 4 members (excludes halogenated alkanes) is 5. The standard InChI is InChI=1S/C59H72F2N14O6/c1-58(2)18-23-71(24-19-58)34-41-28-45(61)48(29-44(41)60)73-36-53(78)68-59(37-73)20-25-72(26-21-59)50-30-49(65-38-66-50)63-31-39-11-9-12-40(27-39)32-64-51(76)15-7-5-3-4-6-8-22-74-35-42(69-70-74)33-62-46-14-10-13-43-54(46)57(81)75(56(43)80)47-16-17-52(77)67-55(47)79/h9-14,27-30,35,38,47,62H,3-8,15-26,31-34,36-37H2,1-2H3,(H,64,76)(H,68,78)(H,63,65,66)(H,67,77,79). The molecule has 1 atom stereocenters. The van der Waals surface area contributed by atoms with Crippen molar-refractivity contribution in [2.45, 2.75) is 142 Å². The number of amides is 6. The number of halogens is 2. The summed E-state index contributed by atoms with van der Waals surface area (Å²) in [6.07, 6.45) is 12.9. The second-order valence-electron chi connectivity index (χ2n) is 23.1. The Kier molecular flexibility index (Phi) is 17.3. The molecule has 5 aliphatic heterocycles. The Morgan fingerprint density at radius 1 is 0.765 bits per heavy atom. The number of nitrogens with zero attached hydrogens (tertiary/aromatic N) is 9. The highest BCUT2D eigenvalue weighted by Gasteiger charge is 2.46. The van der Waals surface area contributed by atoms with E-state index in [4.69, 9.17) is 0 Å². The number of aryl methyl sites for hydroxylation is 1. The van der Waals surface area contributed by atoms with E-state index in [-0.39, 0.29) is 60.0 Å². The minimum atomic E-state index is -1.04. The SMILES string of the molecule is CC1(C)CCN(Cc2cc(F)c(N3CC(=O)NC4(CCN(c5cc(NCc6cccc(CNC(=O)CCCCCCCCn7cc(CNc8cccc9c8C(=O)N(C8CCC(=O)NC8=O)C9=O)nn7)c6)ncn5)CC4)C3)cc2F)CC1. The molecule has 0 aliphatic carbocycles. The van der Waals surface area contributed by atoms with Gasteiger partial charge >= 0.3 is 0 Å². The Morgan fingerprint density at radius 2 is 1.52 bits per heavy atom. The molecule has 7 heterocycles. The van der Waals surface area contributed by atoms with Gasteiger partial charge in [0, 0.05) is 82.0 Å². The largest absolute Gasteiger partial charge is 0.379 e. The Balaban J connectivity index is 0.595. The number of hydrogen-bond acceptors (Lipinski definition) is 15. The average Bonchev–Trinajstić information content (AvgIpc) is 4.16. The van der Waals surface area contributed by atoms with Gasteiger partial charge in [0.2, 0.25) is 23.6 Å².